The number of anilines is 2. The van der Waals surface area contributed by atoms with Crippen LogP contribution in [0.15, 0.2) is 24.3 Å². The van der Waals surface area contributed by atoms with E-state index in [-0.39, 0.29) is 11.9 Å². The molecule has 1 unspecified atom stereocenters. The minimum Gasteiger partial charge on any atom is -0.399 e. The highest BCUT2D eigenvalue weighted by Crippen LogP contribution is 2.11. The highest BCUT2D eigenvalue weighted by molar-refractivity contribution is 5.94. The Morgan fingerprint density at radius 1 is 1.39 bits per heavy atom. The van der Waals surface area contributed by atoms with Crippen molar-refractivity contribution < 1.29 is 9.59 Å². The van der Waals surface area contributed by atoms with Crippen LogP contribution in [0.3, 0.4) is 0 Å². The average Bonchev–Trinajstić information content (AvgIpc) is 2.64. The Hall–Kier alpha value is -2.24. The standard InChI is InChI=1S/C12H16N4O2/c1-16-7-6-10(11(16)17)15-12(18)14-9-4-2-8(13)3-5-9/h2-5,10H,6-7,13H2,1H3,(H2,14,15,18). The van der Waals surface area contributed by atoms with Gasteiger partial charge in [-0.1, -0.05) is 0 Å². The van der Waals surface area contributed by atoms with Gasteiger partial charge in [-0.15, -0.1) is 0 Å². The van der Waals surface area contributed by atoms with Crippen LogP contribution in [0.2, 0.25) is 0 Å². The lowest BCUT2D eigenvalue weighted by Crippen LogP contribution is -2.42. The van der Waals surface area contributed by atoms with Crippen molar-refractivity contribution in [1.82, 2.24) is 10.2 Å². The molecule has 0 saturated carbocycles. The van der Waals surface area contributed by atoms with Crippen LogP contribution >= 0.6 is 0 Å². The fourth-order valence-corrected chi connectivity index (χ4v) is 1.85. The van der Waals surface area contributed by atoms with Crippen LogP contribution in [0.1, 0.15) is 6.42 Å². The molecule has 0 bridgehead atoms. The summed E-state index contributed by atoms with van der Waals surface area (Å²) in [5, 5.41) is 5.30. The highest BCUT2D eigenvalue weighted by Gasteiger charge is 2.30. The minimum atomic E-state index is -0.427. The monoisotopic (exact) mass is 248 g/mol. The molecule has 1 aliphatic heterocycles. The predicted molar refractivity (Wildman–Crippen MR) is 69.1 cm³/mol. The molecule has 1 aliphatic rings. The molecule has 0 aromatic heterocycles. The molecule has 1 fully saturated rings. The smallest absolute Gasteiger partial charge is 0.319 e. The maximum atomic E-state index is 11.7. The molecule has 3 amide bonds. The number of nitrogens with one attached hydrogen (secondary N) is 2. The number of carbonyl (C=O) groups is 2. The van der Waals surface area contributed by atoms with Crippen molar-refractivity contribution in [3.05, 3.63) is 24.3 Å². The molecule has 4 N–H and O–H groups in total. The Bertz CT molecular complexity index is 458. The molecule has 1 aromatic carbocycles. The summed E-state index contributed by atoms with van der Waals surface area (Å²) in [6, 6.07) is 6.00. The Morgan fingerprint density at radius 2 is 2.06 bits per heavy atom. The van der Waals surface area contributed by atoms with Crippen LogP contribution in [0.4, 0.5) is 16.2 Å². The van der Waals surface area contributed by atoms with Crippen LogP contribution in [0.5, 0.6) is 0 Å². The van der Waals surface area contributed by atoms with Gasteiger partial charge in [-0.3, -0.25) is 4.79 Å². The number of benzene rings is 1. The normalized spacial score (nSPS) is 18.8. The lowest BCUT2D eigenvalue weighted by atomic mass is 10.2. The molecule has 2 rings (SSSR count). The van der Waals surface area contributed by atoms with Crippen LogP contribution in [-0.2, 0) is 4.79 Å². The van der Waals surface area contributed by atoms with E-state index >= 15 is 0 Å². The van der Waals surface area contributed by atoms with Gasteiger partial charge in [0.1, 0.15) is 6.04 Å². The number of likely N-dealkylation sites (tertiary alicyclic amines) is 1. The van der Waals surface area contributed by atoms with Gasteiger partial charge >= 0.3 is 6.03 Å². The van der Waals surface area contributed by atoms with Gasteiger partial charge in [0, 0.05) is 25.0 Å². The molecule has 0 spiro atoms. The number of hydrogen-bond donors (Lipinski definition) is 3. The third-order valence-electron chi connectivity index (χ3n) is 2.90. The molecule has 1 aromatic rings. The van der Waals surface area contributed by atoms with Gasteiger partial charge in [0.15, 0.2) is 0 Å². The Morgan fingerprint density at radius 3 is 2.61 bits per heavy atom. The molecule has 0 radical (unpaired) electrons. The first-order valence-electron chi connectivity index (χ1n) is 5.74. The fourth-order valence-electron chi connectivity index (χ4n) is 1.85. The zero-order valence-corrected chi connectivity index (χ0v) is 10.1. The van der Waals surface area contributed by atoms with Gasteiger partial charge in [-0.05, 0) is 30.7 Å². The summed E-state index contributed by atoms with van der Waals surface area (Å²) in [5.41, 5.74) is 6.82. The largest absolute Gasteiger partial charge is 0.399 e. The zero-order chi connectivity index (χ0) is 13.1. The SMILES string of the molecule is CN1CCC(NC(=O)Nc2ccc(N)cc2)C1=O. The Labute approximate surface area is 105 Å². The summed E-state index contributed by atoms with van der Waals surface area (Å²) in [6.45, 7) is 0.672. The van der Waals surface area contributed by atoms with Gasteiger partial charge in [0.2, 0.25) is 5.91 Å². The molecular weight excluding hydrogens is 232 g/mol. The van der Waals surface area contributed by atoms with Crippen molar-refractivity contribution >= 4 is 23.3 Å². The molecule has 1 heterocycles. The van der Waals surface area contributed by atoms with Gasteiger partial charge in [0.25, 0.3) is 0 Å². The van der Waals surface area contributed by atoms with Gasteiger partial charge in [-0.25, -0.2) is 4.79 Å². The van der Waals surface area contributed by atoms with Crippen molar-refractivity contribution in [2.24, 2.45) is 0 Å². The number of carbonyl (C=O) groups excluding carboxylic acids is 2. The molecule has 18 heavy (non-hydrogen) atoms. The number of likely N-dealkylation sites (N-methyl/N-ethyl adjacent to an activating group) is 1. The summed E-state index contributed by atoms with van der Waals surface area (Å²) in [6.07, 6.45) is 0.643. The minimum absolute atomic E-state index is 0.0533. The van der Waals surface area contributed by atoms with Crippen LogP contribution in [0, 0.1) is 0 Å². The Balaban J connectivity index is 1.89. The number of nitrogens with zero attached hydrogens (tertiary/aromatic N) is 1. The van der Waals surface area contributed by atoms with Gasteiger partial charge in [-0.2, -0.15) is 0 Å². The van der Waals surface area contributed by atoms with Crippen LogP contribution in [-0.4, -0.2) is 36.5 Å². The molecule has 6 heteroatoms. The van der Waals surface area contributed by atoms with E-state index in [1.807, 2.05) is 0 Å². The van der Waals surface area contributed by atoms with E-state index in [1.54, 1.807) is 36.2 Å². The maximum Gasteiger partial charge on any atom is 0.319 e. The Kier molecular flexibility index (Phi) is 3.36. The summed E-state index contributed by atoms with van der Waals surface area (Å²) in [5.74, 6) is -0.0533. The van der Waals surface area contributed by atoms with Crippen LogP contribution < -0.4 is 16.4 Å². The van der Waals surface area contributed by atoms with E-state index in [0.29, 0.717) is 24.3 Å². The average molecular weight is 248 g/mol. The van der Waals surface area contributed by atoms with E-state index in [0.717, 1.165) is 0 Å². The quantitative estimate of drug-likeness (QED) is 0.670. The number of nitrogen functional groups attached to an aromatic ring is 1. The molecule has 0 aliphatic carbocycles. The zero-order valence-electron chi connectivity index (χ0n) is 10.1. The first-order chi connectivity index (χ1) is 8.56. The molecule has 96 valence electrons. The second-order valence-corrected chi connectivity index (χ2v) is 4.32. The van der Waals surface area contributed by atoms with Crippen molar-refractivity contribution in [3.63, 3.8) is 0 Å². The van der Waals surface area contributed by atoms with E-state index < -0.39 is 6.04 Å². The van der Waals surface area contributed by atoms with Gasteiger partial charge < -0.3 is 21.3 Å². The fraction of sp³-hybridized carbons (Fsp3) is 0.333. The van der Waals surface area contributed by atoms with E-state index in [9.17, 15) is 9.59 Å². The number of rotatable bonds is 2. The second-order valence-electron chi connectivity index (χ2n) is 4.32. The lowest BCUT2D eigenvalue weighted by molar-refractivity contribution is -0.128. The van der Waals surface area contributed by atoms with Crippen molar-refractivity contribution in [1.29, 1.82) is 0 Å². The van der Waals surface area contributed by atoms with Crippen molar-refractivity contribution in [2.45, 2.75) is 12.5 Å². The summed E-state index contributed by atoms with van der Waals surface area (Å²) >= 11 is 0. The number of nitrogens with two attached hydrogens (primary N) is 1. The lowest BCUT2D eigenvalue weighted by Gasteiger charge is -2.13. The summed E-state index contributed by atoms with van der Waals surface area (Å²) < 4.78 is 0. The molecular formula is C12H16N4O2. The first kappa shape index (κ1) is 12.2. The molecule has 1 saturated heterocycles. The number of hydrogen-bond acceptors (Lipinski definition) is 3. The van der Waals surface area contributed by atoms with Gasteiger partial charge in [0.05, 0.1) is 0 Å². The third-order valence-corrected chi connectivity index (χ3v) is 2.90. The van der Waals surface area contributed by atoms with Crippen LogP contribution in [0.25, 0.3) is 0 Å². The van der Waals surface area contributed by atoms with Crippen molar-refractivity contribution in [2.75, 3.05) is 24.6 Å². The first-order valence-corrected chi connectivity index (χ1v) is 5.74. The summed E-state index contributed by atoms with van der Waals surface area (Å²) in [7, 11) is 1.72. The van der Waals surface area contributed by atoms with Crippen molar-refractivity contribution in [3.8, 4) is 0 Å². The predicted octanol–water partition coefficient (Wildman–Crippen LogP) is 0.621. The van der Waals surface area contributed by atoms with E-state index in [1.165, 1.54) is 0 Å². The highest BCUT2D eigenvalue weighted by atomic mass is 16.2. The third kappa shape index (κ3) is 2.71. The molecule has 1 atom stereocenters. The summed E-state index contributed by atoms with van der Waals surface area (Å²) in [4.78, 5) is 24.9. The van der Waals surface area contributed by atoms with E-state index in [2.05, 4.69) is 10.6 Å². The molecule has 6 nitrogen and oxygen atoms in total. The number of urea groups is 1. The maximum absolute atomic E-state index is 11.7. The number of amides is 3. The van der Waals surface area contributed by atoms with E-state index in [4.69, 9.17) is 5.73 Å². The topological polar surface area (TPSA) is 87.5 Å². The second kappa shape index (κ2) is 4.95.